The summed E-state index contributed by atoms with van der Waals surface area (Å²) in [5.41, 5.74) is 1.12. The van der Waals surface area contributed by atoms with Gasteiger partial charge in [0, 0.05) is 33.8 Å². The lowest BCUT2D eigenvalue weighted by atomic mass is 10.0. The first-order chi connectivity index (χ1) is 12.1. The van der Waals surface area contributed by atoms with Crippen molar-refractivity contribution in [3.8, 4) is 17.0 Å². The van der Waals surface area contributed by atoms with Crippen LogP contribution in [0.5, 0.6) is 5.75 Å². The maximum absolute atomic E-state index is 10.2. The number of nitrogens with one attached hydrogen (secondary N) is 1. The van der Waals surface area contributed by atoms with Crippen molar-refractivity contribution in [1.29, 1.82) is 0 Å². The molecule has 2 aromatic heterocycles. The number of phenolic OH excluding ortho intramolecular Hbond substituents is 1. The summed E-state index contributed by atoms with van der Waals surface area (Å²) in [5.74, 6) is 0.637. The highest BCUT2D eigenvalue weighted by Gasteiger charge is 2.26. The second kappa shape index (κ2) is 6.46. The molecule has 2 heterocycles. The fourth-order valence-electron chi connectivity index (χ4n) is 3.29. The molecule has 0 spiro atoms. The zero-order valence-corrected chi connectivity index (χ0v) is 14.1. The number of phenols is 1. The molecule has 0 saturated heterocycles. The molecule has 1 aliphatic rings. The van der Waals surface area contributed by atoms with Crippen LogP contribution in [-0.4, -0.2) is 37.5 Å². The number of hydrogen-bond acceptors (Lipinski definition) is 6. The monoisotopic (exact) mass is 356 g/mol. The van der Waals surface area contributed by atoms with E-state index in [0.717, 1.165) is 30.0 Å². The van der Waals surface area contributed by atoms with Crippen LogP contribution in [0.15, 0.2) is 36.7 Å². The van der Waals surface area contributed by atoms with Gasteiger partial charge in [-0.3, -0.25) is 4.98 Å². The van der Waals surface area contributed by atoms with Crippen molar-refractivity contribution in [1.82, 2.24) is 15.2 Å². The Morgan fingerprint density at radius 1 is 1.12 bits per heavy atom. The van der Waals surface area contributed by atoms with Crippen molar-refractivity contribution in [2.75, 3.05) is 5.32 Å². The molecular weight excluding hydrogens is 340 g/mol. The van der Waals surface area contributed by atoms with E-state index in [0.29, 0.717) is 22.1 Å². The van der Waals surface area contributed by atoms with Gasteiger partial charge < -0.3 is 15.5 Å². The minimum atomic E-state index is -0.381. The van der Waals surface area contributed by atoms with E-state index < -0.39 is 0 Å². The van der Waals surface area contributed by atoms with Gasteiger partial charge in [0.2, 0.25) is 0 Å². The summed E-state index contributed by atoms with van der Waals surface area (Å²) in [5, 5.41) is 34.2. The molecule has 4 rings (SSSR count). The molecule has 0 amide bonds. The predicted molar refractivity (Wildman–Crippen MR) is 96.7 cm³/mol. The van der Waals surface area contributed by atoms with Gasteiger partial charge in [0.15, 0.2) is 5.82 Å². The van der Waals surface area contributed by atoms with E-state index in [2.05, 4.69) is 20.5 Å². The SMILES string of the molecule is Oc1cc(Cl)ccc1-c1nnc(N[C@H]2CCC[C@@H]2O)c2cnccc12. The fraction of sp³-hybridized carbons (Fsp3) is 0.278. The lowest BCUT2D eigenvalue weighted by Crippen LogP contribution is -2.28. The molecule has 6 nitrogen and oxygen atoms in total. The topological polar surface area (TPSA) is 91.2 Å². The first kappa shape index (κ1) is 16.1. The van der Waals surface area contributed by atoms with Crippen LogP contribution >= 0.6 is 11.6 Å². The zero-order valence-electron chi connectivity index (χ0n) is 13.4. The number of anilines is 1. The molecule has 25 heavy (non-hydrogen) atoms. The van der Waals surface area contributed by atoms with Crippen LogP contribution in [0.4, 0.5) is 5.82 Å². The molecule has 128 valence electrons. The van der Waals surface area contributed by atoms with Crippen molar-refractivity contribution in [2.24, 2.45) is 0 Å². The molecule has 3 N–H and O–H groups in total. The second-order valence-electron chi connectivity index (χ2n) is 6.23. The summed E-state index contributed by atoms with van der Waals surface area (Å²) in [6.07, 6.45) is 5.67. The molecule has 0 aliphatic heterocycles. The number of fused-ring (bicyclic) bond motifs is 1. The van der Waals surface area contributed by atoms with Gasteiger partial charge in [-0.1, -0.05) is 11.6 Å². The summed E-state index contributed by atoms with van der Waals surface area (Å²) < 4.78 is 0. The summed E-state index contributed by atoms with van der Waals surface area (Å²) in [7, 11) is 0. The quantitative estimate of drug-likeness (QED) is 0.666. The summed E-state index contributed by atoms with van der Waals surface area (Å²) in [4.78, 5) is 4.18. The van der Waals surface area contributed by atoms with E-state index in [-0.39, 0.29) is 17.9 Å². The highest BCUT2D eigenvalue weighted by atomic mass is 35.5. The maximum atomic E-state index is 10.2. The average molecular weight is 357 g/mol. The van der Waals surface area contributed by atoms with Gasteiger partial charge in [0.25, 0.3) is 0 Å². The number of aliphatic hydroxyl groups is 1. The van der Waals surface area contributed by atoms with Crippen molar-refractivity contribution < 1.29 is 10.2 Å². The maximum Gasteiger partial charge on any atom is 0.158 e. The van der Waals surface area contributed by atoms with Crippen LogP contribution in [0.2, 0.25) is 5.02 Å². The number of hydrogen-bond donors (Lipinski definition) is 3. The lowest BCUT2D eigenvalue weighted by molar-refractivity contribution is 0.171. The predicted octanol–water partition coefficient (Wildman–Crippen LogP) is 3.38. The number of rotatable bonds is 3. The number of benzene rings is 1. The van der Waals surface area contributed by atoms with Crippen molar-refractivity contribution in [3.63, 3.8) is 0 Å². The number of pyridine rings is 1. The minimum absolute atomic E-state index is 0.0347. The molecule has 1 aliphatic carbocycles. The van der Waals surface area contributed by atoms with E-state index >= 15 is 0 Å². The Bertz CT molecular complexity index is 934. The Balaban J connectivity index is 1.81. The van der Waals surface area contributed by atoms with E-state index in [4.69, 9.17) is 11.6 Å². The van der Waals surface area contributed by atoms with Gasteiger partial charge >= 0.3 is 0 Å². The summed E-state index contributed by atoms with van der Waals surface area (Å²) in [6, 6.07) is 6.70. The third-order valence-electron chi connectivity index (χ3n) is 4.60. The largest absolute Gasteiger partial charge is 0.507 e. The Morgan fingerprint density at radius 2 is 2.00 bits per heavy atom. The van der Waals surface area contributed by atoms with Crippen LogP contribution in [-0.2, 0) is 0 Å². The Kier molecular flexibility index (Phi) is 4.15. The van der Waals surface area contributed by atoms with E-state index in [1.165, 1.54) is 6.07 Å². The number of aliphatic hydroxyl groups excluding tert-OH is 1. The molecule has 1 saturated carbocycles. The number of aromatic nitrogens is 3. The lowest BCUT2D eigenvalue weighted by Gasteiger charge is -2.18. The van der Waals surface area contributed by atoms with Gasteiger partial charge in [-0.15, -0.1) is 10.2 Å². The Morgan fingerprint density at radius 3 is 2.76 bits per heavy atom. The highest BCUT2D eigenvalue weighted by molar-refractivity contribution is 6.30. The molecule has 7 heteroatoms. The van der Waals surface area contributed by atoms with Gasteiger partial charge in [-0.2, -0.15) is 0 Å². The minimum Gasteiger partial charge on any atom is -0.507 e. The summed E-state index contributed by atoms with van der Waals surface area (Å²) >= 11 is 5.92. The number of nitrogens with zero attached hydrogens (tertiary/aromatic N) is 3. The first-order valence-electron chi connectivity index (χ1n) is 8.17. The molecule has 1 fully saturated rings. The number of aromatic hydroxyl groups is 1. The third-order valence-corrected chi connectivity index (χ3v) is 4.83. The fourth-order valence-corrected chi connectivity index (χ4v) is 3.46. The molecule has 0 bridgehead atoms. The van der Waals surface area contributed by atoms with Gasteiger partial charge in [-0.25, -0.2) is 0 Å². The van der Waals surface area contributed by atoms with Gasteiger partial charge in [-0.05, 0) is 43.5 Å². The Labute approximate surface area is 149 Å². The summed E-state index contributed by atoms with van der Waals surface area (Å²) in [6.45, 7) is 0. The van der Waals surface area contributed by atoms with E-state index in [9.17, 15) is 10.2 Å². The Hall–Kier alpha value is -2.44. The van der Waals surface area contributed by atoms with E-state index in [1.807, 2.05) is 6.07 Å². The van der Waals surface area contributed by atoms with Crippen LogP contribution in [0, 0.1) is 0 Å². The molecule has 1 aromatic carbocycles. The van der Waals surface area contributed by atoms with Gasteiger partial charge in [0.1, 0.15) is 11.4 Å². The van der Waals surface area contributed by atoms with Gasteiger partial charge in [0.05, 0.1) is 12.1 Å². The van der Waals surface area contributed by atoms with Crippen LogP contribution < -0.4 is 5.32 Å². The highest BCUT2D eigenvalue weighted by Crippen LogP contribution is 2.36. The first-order valence-corrected chi connectivity index (χ1v) is 8.55. The molecular formula is C18H17ClN4O2. The number of halogens is 1. The van der Waals surface area contributed by atoms with Crippen molar-refractivity contribution in [3.05, 3.63) is 41.7 Å². The third kappa shape index (κ3) is 2.99. The van der Waals surface area contributed by atoms with Crippen LogP contribution in [0.3, 0.4) is 0 Å². The van der Waals surface area contributed by atoms with E-state index in [1.54, 1.807) is 24.5 Å². The zero-order chi connectivity index (χ0) is 17.4. The average Bonchev–Trinajstić information content (AvgIpc) is 3.01. The van der Waals surface area contributed by atoms with Crippen LogP contribution in [0.1, 0.15) is 19.3 Å². The second-order valence-corrected chi connectivity index (χ2v) is 6.67. The smallest absolute Gasteiger partial charge is 0.158 e. The molecule has 2 atom stereocenters. The van der Waals surface area contributed by atoms with Crippen LogP contribution in [0.25, 0.3) is 22.0 Å². The molecule has 3 aromatic rings. The van der Waals surface area contributed by atoms with Crippen molar-refractivity contribution >= 4 is 28.2 Å². The molecule has 0 unspecified atom stereocenters. The standard InChI is InChI=1S/C18H17ClN4O2/c19-10-4-5-12(16(25)8-10)17-11-6-7-20-9-13(11)18(23-22-17)21-14-2-1-3-15(14)24/h4-9,14-15,24-25H,1-3H2,(H,21,23)/t14-,15-/m0/s1. The normalized spacial score (nSPS) is 20.1. The van der Waals surface area contributed by atoms with Crippen molar-refractivity contribution in [2.45, 2.75) is 31.4 Å². The molecule has 0 radical (unpaired) electrons.